The van der Waals surface area contributed by atoms with Crippen molar-refractivity contribution < 1.29 is 19.4 Å². The number of carboxylic acids is 1. The first-order chi connectivity index (χ1) is 9.66. The quantitative estimate of drug-likeness (QED) is 0.806. The van der Waals surface area contributed by atoms with Crippen molar-refractivity contribution >= 4 is 5.97 Å². The van der Waals surface area contributed by atoms with Crippen LogP contribution in [0.1, 0.15) is 39.0 Å². The first kappa shape index (κ1) is 15.7. The Balaban J connectivity index is 1.91. The van der Waals surface area contributed by atoms with Gasteiger partial charge in [0.25, 0.3) is 0 Å². The molecule has 2 heterocycles. The Morgan fingerprint density at radius 3 is 2.85 bits per heavy atom. The molecule has 1 N–H and O–H groups in total. The van der Waals surface area contributed by atoms with E-state index >= 15 is 0 Å². The van der Waals surface area contributed by atoms with Crippen LogP contribution in [0.4, 0.5) is 0 Å². The fraction of sp³-hybridized carbons (Fsp3) is 0.933. The number of rotatable bonds is 6. The average Bonchev–Trinajstić information content (AvgIpc) is 2.46. The Hall–Kier alpha value is -0.650. The summed E-state index contributed by atoms with van der Waals surface area (Å²) in [5, 5.41) is 9.61. The molecule has 2 aliphatic rings. The minimum absolute atomic E-state index is 0.273. The van der Waals surface area contributed by atoms with Crippen molar-refractivity contribution in [3.05, 3.63) is 0 Å². The van der Waals surface area contributed by atoms with Gasteiger partial charge in [0.2, 0.25) is 0 Å². The molecule has 20 heavy (non-hydrogen) atoms. The Bertz CT molecular complexity index is 315. The van der Waals surface area contributed by atoms with Crippen molar-refractivity contribution in [1.82, 2.24) is 4.90 Å². The van der Waals surface area contributed by atoms with E-state index in [1.807, 2.05) is 0 Å². The molecule has 5 nitrogen and oxygen atoms in total. The molecule has 2 saturated heterocycles. The number of carbonyl (C=O) groups is 1. The van der Waals surface area contributed by atoms with E-state index < -0.39 is 11.4 Å². The van der Waals surface area contributed by atoms with E-state index in [0.717, 1.165) is 39.0 Å². The molecule has 2 aliphatic heterocycles. The number of carboxylic acid groups (broad SMARTS) is 1. The zero-order valence-corrected chi connectivity index (χ0v) is 12.5. The molecule has 0 radical (unpaired) electrons. The van der Waals surface area contributed by atoms with Crippen LogP contribution in [0.2, 0.25) is 0 Å². The molecular formula is C15H27NO4. The fourth-order valence-corrected chi connectivity index (χ4v) is 3.21. The lowest BCUT2D eigenvalue weighted by molar-refractivity contribution is -0.157. The Morgan fingerprint density at radius 1 is 1.45 bits per heavy atom. The van der Waals surface area contributed by atoms with Crippen molar-refractivity contribution in [2.75, 3.05) is 39.5 Å². The third kappa shape index (κ3) is 3.93. The lowest BCUT2D eigenvalue weighted by Gasteiger charge is -2.40. The topological polar surface area (TPSA) is 59.0 Å². The standard InChI is InChI=1S/C15H27NO4/c1-2-8-20-13-4-3-7-16(11-13)12-15(14(17)18)5-9-19-10-6-15/h13H,2-12H2,1H3,(H,17,18). The highest BCUT2D eigenvalue weighted by molar-refractivity contribution is 5.75. The summed E-state index contributed by atoms with van der Waals surface area (Å²) in [4.78, 5) is 14.0. The van der Waals surface area contributed by atoms with Gasteiger partial charge in [-0.25, -0.2) is 0 Å². The molecular weight excluding hydrogens is 258 g/mol. The van der Waals surface area contributed by atoms with E-state index in [0.29, 0.717) is 32.6 Å². The van der Waals surface area contributed by atoms with Gasteiger partial charge >= 0.3 is 5.97 Å². The highest BCUT2D eigenvalue weighted by atomic mass is 16.5. The van der Waals surface area contributed by atoms with E-state index in [1.165, 1.54) is 0 Å². The summed E-state index contributed by atoms with van der Waals surface area (Å²) in [5.74, 6) is -0.669. The Kier molecular flexibility index (Phi) is 5.81. The number of ether oxygens (including phenoxy) is 2. The van der Waals surface area contributed by atoms with Gasteiger partial charge in [-0.2, -0.15) is 0 Å². The number of likely N-dealkylation sites (tertiary alicyclic amines) is 1. The predicted octanol–water partition coefficient (Wildman–Crippen LogP) is 1.76. The zero-order chi connectivity index (χ0) is 14.4. The molecule has 0 aromatic heterocycles. The van der Waals surface area contributed by atoms with E-state index in [1.54, 1.807) is 0 Å². The minimum Gasteiger partial charge on any atom is -0.481 e. The van der Waals surface area contributed by atoms with Crippen molar-refractivity contribution in [3.8, 4) is 0 Å². The van der Waals surface area contributed by atoms with Crippen molar-refractivity contribution in [2.45, 2.75) is 45.1 Å². The van der Waals surface area contributed by atoms with Crippen LogP contribution in [0, 0.1) is 5.41 Å². The predicted molar refractivity (Wildman–Crippen MR) is 75.8 cm³/mol. The smallest absolute Gasteiger partial charge is 0.311 e. The first-order valence-electron chi connectivity index (χ1n) is 7.81. The van der Waals surface area contributed by atoms with Crippen LogP contribution < -0.4 is 0 Å². The summed E-state index contributed by atoms with van der Waals surface area (Å²) in [6, 6.07) is 0. The van der Waals surface area contributed by atoms with Crippen LogP contribution in [-0.4, -0.2) is 61.5 Å². The maximum Gasteiger partial charge on any atom is 0.311 e. The highest BCUT2D eigenvalue weighted by Gasteiger charge is 2.42. The Morgan fingerprint density at radius 2 is 2.20 bits per heavy atom. The zero-order valence-electron chi connectivity index (χ0n) is 12.5. The molecule has 0 spiro atoms. The monoisotopic (exact) mass is 285 g/mol. The largest absolute Gasteiger partial charge is 0.481 e. The number of nitrogens with zero attached hydrogens (tertiary/aromatic N) is 1. The van der Waals surface area contributed by atoms with Gasteiger partial charge in [-0.3, -0.25) is 9.69 Å². The minimum atomic E-state index is -0.669. The lowest BCUT2D eigenvalue weighted by atomic mass is 9.79. The molecule has 0 amide bonds. The third-order valence-electron chi connectivity index (χ3n) is 4.45. The number of aliphatic carboxylic acids is 1. The first-order valence-corrected chi connectivity index (χ1v) is 7.81. The molecule has 0 aromatic carbocycles. The van der Waals surface area contributed by atoms with Crippen LogP contribution in [-0.2, 0) is 14.3 Å². The molecule has 2 rings (SSSR count). The molecule has 5 heteroatoms. The third-order valence-corrected chi connectivity index (χ3v) is 4.45. The van der Waals surface area contributed by atoms with E-state index in [-0.39, 0.29) is 6.10 Å². The van der Waals surface area contributed by atoms with Gasteiger partial charge in [0.05, 0.1) is 11.5 Å². The van der Waals surface area contributed by atoms with Crippen LogP contribution in [0.5, 0.6) is 0 Å². The van der Waals surface area contributed by atoms with Gasteiger partial charge in [0.1, 0.15) is 0 Å². The summed E-state index contributed by atoms with van der Waals surface area (Å²) in [7, 11) is 0. The SMILES string of the molecule is CCCOC1CCCN(CC2(C(=O)O)CCOCC2)C1. The van der Waals surface area contributed by atoms with Crippen LogP contribution >= 0.6 is 0 Å². The summed E-state index contributed by atoms with van der Waals surface area (Å²) >= 11 is 0. The number of hydrogen-bond donors (Lipinski definition) is 1. The van der Waals surface area contributed by atoms with E-state index in [2.05, 4.69) is 11.8 Å². The molecule has 0 aromatic rings. The molecule has 116 valence electrons. The van der Waals surface area contributed by atoms with Crippen LogP contribution in [0.3, 0.4) is 0 Å². The number of hydrogen-bond acceptors (Lipinski definition) is 4. The average molecular weight is 285 g/mol. The molecule has 0 saturated carbocycles. The van der Waals surface area contributed by atoms with Gasteiger partial charge in [0, 0.05) is 32.9 Å². The van der Waals surface area contributed by atoms with Crippen molar-refractivity contribution in [1.29, 1.82) is 0 Å². The van der Waals surface area contributed by atoms with Gasteiger partial charge in [-0.05, 0) is 38.6 Å². The molecule has 1 atom stereocenters. The maximum atomic E-state index is 11.7. The summed E-state index contributed by atoms with van der Waals surface area (Å²) in [6.07, 6.45) is 4.75. The highest BCUT2D eigenvalue weighted by Crippen LogP contribution is 2.33. The van der Waals surface area contributed by atoms with Crippen LogP contribution in [0.15, 0.2) is 0 Å². The normalized spacial score (nSPS) is 27.4. The lowest BCUT2D eigenvalue weighted by Crippen LogP contribution is -2.50. The second kappa shape index (κ2) is 7.38. The Labute approximate surface area is 121 Å². The number of piperidine rings is 1. The molecule has 2 fully saturated rings. The van der Waals surface area contributed by atoms with Gasteiger partial charge in [-0.15, -0.1) is 0 Å². The second-order valence-electron chi connectivity index (χ2n) is 6.07. The summed E-state index contributed by atoms with van der Waals surface area (Å²) in [6.45, 7) is 6.54. The maximum absolute atomic E-state index is 11.7. The summed E-state index contributed by atoms with van der Waals surface area (Å²) < 4.78 is 11.2. The van der Waals surface area contributed by atoms with E-state index in [4.69, 9.17) is 9.47 Å². The van der Waals surface area contributed by atoms with Crippen molar-refractivity contribution in [3.63, 3.8) is 0 Å². The fourth-order valence-electron chi connectivity index (χ4n) is 3.21. The second-order valence-corrected chi connectivity index (χ2v) is 6.07. The van der Waals surface area contributed by atoms with Gasteiger partial charge < -0.3 is 14.6 Å². The van der Waals surface area contributed by atoms with Gasteiger partial charge in [0.15, 0.2) is 0 Å². The van der Waals surface area contributed by atoms with Gasteiger partial charge in [-0.1, -0.05) is 6.92 Å². The van der Waals surface area contributed by atoms with E-state index in [9.17, 15) is 9.90 Å². The summed E-state index contributed by atoms with van der Waals surface area (Å²) in [5.41, 5.74) is -0.620. The van der Waals surface area contributed by atoms with Crippen molar-refractivity contribution in [2.24, 2.45) is 5.41 Å². The molecule has 1 unspecified atom stereocenters. The molecule has 0 bridgehead atoms. The molecule has 0 aliphatic carbocycles. The van der Waals surface area contributed by atoms with Crippen LogP contribution in [0.25, 0.3) is 0 Å².